The lowest BCUT2D eigenvalue weighted by Gasteiger charge is -2.27. The van der Waals surface area contributed by atoms with Gasteiger partial charge >= 0.3 is 53.0 Å². The first-order valence-electron chi connectivity index (χ1n) is 26.1. The van der Waals surface area contributed by atoms with Crippen LogP contribution in [-0.4, -0.2) is 215 Å². The van der Waals surface area contributed by atoms with Gasteiger partial charge in [0.15, 0.2) is 19.1 Å². The van der Waals surface area contributed by atoms with Crippen molar-refractivity contribution in [1.82, 2.24) is 39.9 Å². The van der Waals surface area contributed by atoms with Crippen molar-refractivity contribution in [2.75, 3.05) is 26.4 Å². The van der Waals surface area contributed by atoms with E-state index in [2.05, 4.69) is 75.0 Å². The average molecular weight is 1650 g/mol. The molecule has 0 amide bonds. The van der Waals surface area contributed by atoms with Crippen molar-refractivity contribution >= 4 is 124 Å². The van der Waals surface area contributed by atoms with Crippen LogP contribution < -0.4 is 22.2 Å². The number of phosphoric acid groups is 6. The molecule has 46 nitrogen and oxygen atoms in total. The van der Waals surface area contributed by atoms with E-state index in [1.807, 2.05) is 13.8 Å². The van der Waals surface area contributed by atoms with Crippen LogP contribution in [0.25, 0.3) is 0 Å². The molecule has 8 unspecified atom stereocenters. The minimum Gasteiger partial charge on any atom is -0.394 e. The molecular formula is C38H57Cl2N8O38P7S4. The molecule has 0 bridgehead atoms. The van der Waals surface area contributed by atoms with Crippen molar-refractivity contribution in [1.29, 1.82) is 0 Å². The van der Waals surface area contributed by atoms with Gasteiger partial charge in [-0.05, 0) is 71.4 Å². The van der Waals surface area contributed by atoms with Gasteiger partial charge in [-0.2, -0.15) is 21.6 Å². The van der Waals surface area contributed by atoms with Crippen molar-refractivity contribution in [2.45, 2.75) is 112 Å². The van der Waals surface area contributed by atoms with Crippen molar-refractivity contribution in [3.8, 4) is 0 Å². The number of halogens is 2. The number of hydrogen-bond donors (Lipinski definition) is 23. The maximum Gasteiger partial charge on any atom is 0.492 e. The summed E-state index contributed by atoms with van der Waals surface area (Å²) >= 11 is 29.4. The largest absolute Gasteiger partial charge is 0.492 e. The Hall–Kier alpha value is -2.49. The molecular weight excluding hydrogens is 1590 g/mol. The number of ether oxygens (including phenoxy) is 4. The monoisotopic (exact) mass is 1650 g/mol. The number of H-pyrrole nitrogens is 8. The number of aromatic amines is 8. The first kappa shape index (κ1) is 85.2. The summed E-state index contributed by atoms with van der Waals surface area (Å²) in [5.41, 5.74) is -2.59. The van der Waals surface area contributed by atoms with Gasteiger partial charge in [0.05, 0.1) is 48.7 Å². The highest BCUT2D eigenvalue weighted by Gasteiger charge is 2.56. The normalized spacial score (nSPS) is 33.7. The fourth-order valence-electron chi connectivity index (χ4n) is 8.38. The number of phosphoric ester groups is 1. The van der Waals surface area contributed by atoms with Crippen LogP contribution in [-0.2, 0) is 86.0 Å². The molecule has 23 N–H and O–H groups in total. The number of aliphatic hydroxyl groups excluding tert-OH is 9. The third kappa shape index (κ3) is 24.3. The molecule has 0 radical (unpaired) electrons. The van der Waals surface area contributed by atoms with Crippen LogP contribution in [0.4, 0.5) is 0 Å². The van der Waals surface area contributed by atoms with Crippen LogP contribution in [0.3, 0.4) is 0 Å². The predicted octanol–water partition coefficient (Wildman–Crippen LogP) is -0.270. The summed E-state index contributed by atoms with van der Waals surface area (Å²) in [4.78, 5) is 120. The fraction of sp³-hybridized carbons (Fsp3) is 0.579. The van der Waals surface area contributed by atoms with Crippen molar-refractivity contribution in [2.24, 2.45) is 0 Å². The first-order chi connectivity index (χ1) is 44.6. The predicted molar refractivity (Wildman–Crippen MR) is 327 cm³/mol. The second-order valence-corrected chi connectivity index (χ2v) is 34.4. The molecule has 97 heavy (non-hydrogen) atoms. The minimum atomic E-state index is -5.71. The van der Waals surface area contributed by atoms with Gasteiger partial charge < -0.3 is 119 Å². The number of rotatable bonds is 18. The van der Waals surface area contributed by atoms with E-state index in [-0.39, 0.29) is 41.3 Å². The Morgan fingerprint density at radius 3 is 1.03 bits per heavy atom. The Kier molecular flexibility index (Phi) is 30.6. The van der Waals surface area contributed by atoms with Crippen molar-refractivity contribution < 1.29 is 161 Å². The lowest BCUT2D eigenvalue weighted by Crippen LogP contribution is -2.33. The smallest absolute Gasteiger partial charge is 0.394 e. The first-order valence-corrected chi connectivity index (χ1v) is 40.1. The lowest BCUT2D eigenvalue weighted by atomic mass is 10.0. The zero-order valence-electron chi connectivity index (χ0n) is 48.0. The van der Waals surface area contributed by atoms with Gasteiger partial charge in [0.2, 0.25) is 0 Å². The molecule has 4 aromatic rings. The molecule has 0 saturated carbocycles. The van der Waals surface area contributed by atoms with Gasteiger partial charge in [-0.25, -0.2) is 27.4 Å². The quantitative estimate of drug-likeness (QED) is 0.0450. The molecule has 550 valence electrons. The molecule has 5 aliphatic rings. The van der Waals surface area contributed by atoms with E-state index in [4.69, 9.17) is 120 Å². The van der Waals surface area contributed by atoms with Crippen molar-refractivity contribution in [3.63, 3.8) is 0 Å². The van der Waals surface area contributed by atoms with Gasteiger partial charge in [0.25, 0.3) is 22.2 Å². The number of hydrogen-bond acceptors (Lipinski definition) is 36. The van der Waals surface area contributed by atoms with Crippen molar-refractivity contribution in [3.05, 3.63) is 108 Å². The number of aliphatic hydroxyl groups is 9. The van der Waals surface area contributed by atoms with Gasteiger partial charge in [0, 0.05) is 24.8 Å². The maximum absolute atomic E-state index is 12.2. The minimum absolute atomic E-state index is 0.00967. The lowest BCUT2D eigenvalue weighted by molar-refractivity contribution is -0.0235. The molecule has 5 saturated heterocycles. The molecule has 20 atom stereocenters. The molecule has 0 aliphatic carbocycles. The molecule has 9 rings (SSSR count). The standard InChI is InChI=1S/C9H11Cl2N2O6PS.C9H15N2O14P3S.C9H13N2O13P3S.C9H12N2O5S.C2H6/c10-20(11,17)18-2-4-5(14)6(15)7(19-4)3-1-12-9(21)13-8(3)16;12-5-4(2-22-27(18,19)25-28(20,21)24-26(15,16)17)23-7(6(5)13)3-1-10-9(29)11-8(3)14;12-5-4(2-20-27(19)23-25(15,16)22-26(17,18)24-27)21-7(6(5)13)3-1-10-9(28)11-8(3)14;12-2-4-5(13)6(14)7(16-4)3-1-10-9(17)11-8(3)15;1-2/h1,4-7,14-15H,2H2,(H2,12,13,16,21);1,4-7,12-13H,2H2,(H,18,19)(H,20,21)(H2,15,16,17)(H2,10,11,14,29);1,4-7,12-13H,2H2,(H,15,16)(H,17,18)(H2,10,11,14,28);1,4-7,12-14H,2H2,(H2,10,11,15,17);1-2H3/t4*4-,5+,6?,7+;/m1111./s1. The molecule has 9 heterocycles. The van der Waals surface area contributed by atoms with E-state index in [1.165, 1.54) is 12.4 Å². The summed E-state index contributed by atoms with van der Waals surface area (Å²) in [7, 11) is -32.2. The third-order valence-electron chi connectivity index (χ3n) is 12.5. The number of nitrogens with one attached hydrogen (secondary N) is 8. The molecule has 5 fully saturated rings. The topological polar surface area (TPSA) is 728 Å². The second kappa shape index (κ2) is 34.9. The summed E-state index contributed by atoms with van der Waals surface area (Å²) in [6, 6.07) is 0. The summed E-state index contributed by atoms with van der Waals surface area (Å²) in [6.07, 6.45) is -20.6. The van der Waals surface area contributed by atoms with Crippen LogP contribution in [0.2, 0.25) is 0 Å². The van der Waals surface area contributed by atoms with Gasteiger partial charge in [-0.1, -0.05) is 13.8 Å². The summed E-state index contributed by atoms with van der Waals surface area (Å²) in [5, 5.41) is 88.2. The van der Waals surface area contributed by atoms with E-state index < -0.39 is 199 Å². The van der Waals surface area contributed by atoms with Crippen LogP contribution in [0.5, 0.6) is 0 Å². The van der Waals surface area contributed by atoms with E-state index in [1.54, 1.807) is 0 Å². The van der Waals surface area contributed by atoms with E-state index >= 15 is 0 Å². The SMILES string of the molecule is CC.O=c1[nH]c(=S)[nH]cc1[C@@H]1O[C@H](CO)[C@H](O)C1O.O=c1[nH]c(=S)[nH]cc1[C@@H]1O[C@H](COP(=O)(Cl)Cl)[C@H](O)C1O.O=c1[nH]c(=S)[nH]cc1[C@@H]1O[C@H](COP(=O)(O)OP(=O)(O)OP(=O)(O)O)[C@H](O)C1O.O=c1[nH]c(=S)[nH]cc1[C@@H]1O[C@H](COP2(=O)OP(=O)(O)OP(=O)(O)O2)[C@H](O)C1O. The van der Waals surface area contributed by atoms with E-state index in [0.29, 0.717) is 0 Å². The zero-order chi connectivity index (χ0) is 73.5. The highest BCUT2D eigenvalue weighted by Crippen LogP contribution is 2.80. The maximum atomic E-state index is 12.2. The highest BCUT2D eigenvalue weighted by atomic mass is 35.9. The molecule has 59 heteroatoms. The summed E-state index contributed by atoms with van der Waals surface area (Å²) in [6.45, 7) is 1.28. The van der Waals surface area contributed by atoms with Gasteiger partial charge in [-0.15, -0.1) is 0 Å². The van der Waals surface area contributed by atoms with E-state index in [0.717, 1.165) is 12.4 Å². The Balaban J connectivity index is 0.000000236. The number of aromatic nitrogens is 8. The average Bonchev–Trinajstić information content (AvgIpc) is 1.78. The Labute approximate surface area is 568 Å². The molecule has 5 aliphatic heterocycles. The fourth-order valence-corrected chi connectivity index (χ4v) is 17.6. The van der Waals surface area contributed by atoms with Gasteiger partial charge in [-0.3, -0.25) is 52.7 Å². The highest BCUT2D eigenvalue weighted by molar-refractivity contribution is 8.05. The van der Waals surface area contributed by atoms with Crippen LogP contribution in [0.1, 0.15) is 60.5 Å². The summed E-state index contributed by atoms with van der Waals surface area (Å²) in [5.74, 6) is 0. The Bertz CT molecular complexity index is 4240. The van der Waals surface area contributed by atoms with E-state index in [9.17, 15) is 96.9 Å². The molecule has 0 spiro atoms. The van der Waals surface area contributed by atoms with Crippen LogP contribution >= 0.6 is 124 Å². The zero-order valence-corrected chi connectivity index (χ0v) is 59.0. The Morgan fingerprint density at radius 1 is 0.464 bits per heavy atom. The molecule has 0 aromatic carbocycles. The third-order valence-corrected chi connectivity index (χ3v) is 23.5. The second-order valence-electron chi connectivity index (χ2n) is 19.1. The Morgan fingerprint density at radius 2 is 0.753 bits per heavy atom. The van der Waals surface area contributed by atoms with Gasteiger partial charge in [0.1, 0.15) is 97.7 Å². The van der Waals surface area contributed by atoms with Crippen LogP contribution in [0.15, 0.2) is 44.0 Å². The molecule has 4 aromatic heterocycles. The van der Waals surface area contributed by atoms with Crippen LogP contribution in [0, 0.1) is 19.1 Å². The summed E-state index contributed by atoms with van der Waals surface area (Å²) < 4.78 is 133.